The van der Waals surface area contributed by atoms with Crippen LogP contribution < -0.4 is 0 Å². The minimum atomic E-state index is -2.59. The van der Waals surface area contributed by atoms with E-state index >= 15 is 0 Å². The van der Waals surface area contributed by atoms with Crippen LogP contribution in [0, 0.1) is 0 Å². The van der Waals surface area contributed by atoms with Gasteiger partial charge in [0.15, 0.2) is 0 Å². The fraction of sp³-hybridized carbons (Fsp3) is 0.684. The first kappa shape index (κ1) is 25.3. The predicted octanol–water partition coefficient (Wildman–Crippen LogP) is 2.01. The number of carbonyl (C=O) groups excluding carboxylic acids is 2. The Bertz CT molecular complexity index is 490. The summed E-state index contributed by atoms with van der Waals surface area (Å²) in [4.78, 5) is 23.1. The zero-order valence-corrected chi connectivity index (χ0v) is 16.5. The molecule has 0 aromatic heterocycles. The van der Waals surface area contributed by atoms with Gasteiger partial charge in [0.25, 0.3) is 0 Å². The number of esters is 2. The third kappa shape index (κ3) is 15.1. The van der Waals surface area contributed by atoms with Crippen LogP contribution in [0.4, 0.5) is 0 Å². The van der Waals surface area contributed by atoms with Gasteiger partial charge in [-0.25, -0.2) is 0 Å². The summed E-state index contributed by atoms with van der Waals surface area (Å²) >= 11 is 0. The van der Waals surface area contributed by atoms with Gasteiger partial charge in [0.1, 0.15) is 0 Å². The summed E-state index contributed by atoms with van der Waals surface area (Å²) in [5, 5.41) is 37.8. The SMILES string of the molecule is CC(C)=CC(O)(O)OC(=O)CCCCCCCC(=O)OC(O)(O)C=C(C)C. The van der Waals surface area contributed by atoms with Gasteiger partial charge in [-0.3, -0.25) is 9.59 Å². The zero-order valence-electron chi connectivity index (χ0n) is 16.5. The minimum Gasteiger partial charge on any atom is -0.405 e. The van der Waals surface area contributed by atoms with Gasteiger partial charge < -0.3 is 29.9 Å². The minimum absolute atomic E-state index is 0.0573. The molecular formula is C19H32O8. The molecule has 0 aliphatic heterocycles. The third-order valence-electron chi connectivity index (χ3n) is 3.24. The van der Waals surface area contributed by atoms with Crippen molar-refractivity contribution in [1.82, 2.24) is 0 Å². The van der Waals surface area contributed by atoms with Crippen molar-refractivity contribution in [2.45, 2.75) is 84.6 Å². The Morgan fingerprint density at radius 2 is 0.963 bits per heavy atom. The third-order valence-corrected chi connectivity index (χ3v) is 3.24. The molecule has 0 bridgehead atoms. The Kier molecular flexibility index (Phi) is 11.1. The molecule has 0 heterocycles. The average molecular weight is 388 g/mol. The van der Waals surface area contributed by atoms with Crippen LogP contribution in [0.2, 0.25) is 0 Å². The molecule has 0 atom stereocenters. The largest absolute Gasteiger partial charge is 0.405 e. The number of hydrogen-bond acceptors (Lipinski definition) is 8. The highest BCUT2D eigenvalue weighted by atomic mass is 16.8. The molecule has 8 heteroatoms. The smallest absolute Gasteiger partial charge is 0.346 e. The van der Waals surface area contributed by atoms with Crippen molar-refractivity contribution in [1.29, 1.82) is 0 Å². The Balaban J connectivity index is 3.87. The lowest BCUT2D eigenvalue weighted by Gasteiger charge is -2.18. The van der Waals surface area contributed by atoms with Gasteiger partial charge in [-0.05, 0) is 40.5 Å². The zero-order chi connectivity index (χ0) is 21.1. The van der Waals surface area contributed by atoms with E-state index in [1.165, 1.54) is 0 Å². The predicted molar refractivity (Wildman–Crippen MR) is 97.7 cm³/mol. The van der Waals surface area contributed by atoms with Crippen molar-refractivity contribution in [3.63, 3.8) is 0 Å². The molecule has 0 fully saturated rings. The first-order valence-corrected chi connectivity index (χ1v) is 8.98. The van der Waals surface area contributed by atoms with Gasteiger partial charge >= 0.3 is 23.9 Å². The number of rotatable bonds is 12. The number of hydrogen-bond donors (Lipinski definition) is 4. The van der Waals surface area contributed by atoms with Crippen molar-refractivity contribution in [2.24, 2.45) is 0 Å². The van der Waals surface area contributed by atoms with Crippen LogP contribution in [0.25, 0.3) is 0 Å². The number of unbranched alkanes of at least 4 members (excludes halogenated alkanes) is 4. The number of aliphatic hydroxyl groups is 4. The second-order valence-electron chi connectivity index (χ2n) is 6.98. The molecule has 0 rings (SSSR count). The fourth-order valence-corrected chi connectivity index (χ4v) is 2.32. The molecule has 0 aliphatic carbocycles. The molecule has 0 saturated heterocycles. The highest BCUT2D eigenvalue weighted by Crippen LogP contribution is 2.14. The Morgan fingerprint density at radius 1 is 0.667 bits per heavy atom. The summed E-state index contributed by atoms with van der Waals surface area (Å²) in [5.41, 5.74) is 1.21. The summed E-state index contributed by atoms with van der Waals surface area (Å²) in [6, 6.07) is 0. The summed E-state index contributed by atoms with van der Waals surface area (Å²) < 4.78 is 9.13. The quantitative estimate of drug-likeness (QED) is 0.173. The monoisotopic (exact) mass is 388 g/mol. The summed E-state index contributed by atoms with van der Waals surface area (Å²) in [7, 11) is 0. The maximum atomic E-state index is 11.5. The van der Waals surface area contributed by atoms with Crippen LogP contribution in [-0.2, 0) is 19.1 Å². The van der Waals surface area contributed by atoms with Crippen LogP contribution in [0.15, 0.2) is 23.3 Å². The molecular weight excluding hydrogens is 356 g/mol. The van der Waals surface area contributed by atoms with E-state index in [9.17, 15) is 30.0 Å². The number of carbonyl (C=O) groups is 2. The van der Waals surface area contributed by atoms with Crippen molar-refractivity contribution in [3.05, 3.63) is 23.3 Å². The maximum absolute atomic E-state index is 11.5. The topological polar surface area (TPSA) is 134 Å². The molecule has 0 saturated carbocycles. The van der Waals surface area contributed by atoms with E-state index in [-0.39, 0.29) is 12.8 Å². The number of allylic oxidation sites excluding steroid dienone is 2. The Morgan fingerprint density at radius 3 is 1.26 bits per heavy atom. The molecule has 0 aromatic carbocycles. The van der Waals surface area contributed by atoms with Crippen molar-refractivity contribution in [3.8, 4) is 0 Å². The van der Waals surface area contributed by atoms with E-state index in [1.54, 1.807) is 27.7 Å². The van der Waals surface area contributed by atoms with E-state index in [0.29, 0.717) is 36.8 Å². The second kappa shape index (κ2) is 11.9. The van der Waals surface area contributed by atoms with Crippen molar-refractivity contribution >= 4 is 11.9 Å². The van der Waals surface area contributed by atoms with Gasteiger partial charge in [0.2, 0.25) is 0 Å². The molecule has 4 N–H and O–H groups in total. The maximum Gasteiger partial charge on any atom is 0.346 e. The van der Waals surface area contributed by atoms with Crippen LogP contribution in [0.5, 0.6) is 0 Å². The van der Waals surface area contributed by atoms with Gasteiger partial charge in [-0.2, -0.15) is 0 Å². The highest BCUT2D eigenvalue weighted by Gasteiger charge is 2.25. The van der Waals surface area contributed by atoms with Gasteiger partial charge in [0.05, 0.1) is 0 Å². The lowest BCUT2D eigenvalue weighted by molar-refractivity contribution is -0.288. The summed E-state index contributed by atoms with van der Waals surface area (Å²) in [5.74, 6) is -6.59. The second-order valence-corrected chi connectivity index (χ2v) is 6.98. The first-order valence-electron chi connectivity index (χ1n) is 8.98. The number of ether oxygens (including phenoxy) is 2. The van der Waals surface area contributed by atoms with E-state index in [0.717, 1.165) is 18.6 Å². The molecule has 156 valence electrons. The standard InChI is InChI=1S/C19H32O8/c1-14(2)12-18(22,23)26-16(20)10-8-6-5-7-9-11-17(21)27-19(24,25)13-15(3)4/h12-13,22-25H,5-11H2,1-4H3. The fourth-order valence-electron chi connectivity index (χ4n) is 2.32. The Hall–Kier alpha value is -1.74. The molecule has 0 aliphatic rings. The van der Waals surface area contributed by atoms with E-state index in [4.69, 9.17) is 0 Å². The van der Waals surface area contributed by atoms with Gasteiger partial charge in [-0.1, -0.05) is 30.4 Å². The van der Waals surface area contributed by atoms with Crippen LogP contribution in [-0.4, -0.2) is 44.3 Å². The molecule has 0 radical (unpaired) electrons. The normalized spacial score (nSPS) is 11.6. The Labute approximate surface area is 160 Å². The molecule has 0 aromatic rings. The van der Waals surface area contributed by atoms with Crippen LogP contribution >= 0.6 is 0 Å². The highest BCUT2D eigenvalue weighted by molar-refractivity contribution is 5.70. The van der Waals surface area contributed by atoms with E-state index < -0.39 is 23.9 Å². The molecule has 0 unspecified atom stereocenters. The average Bonchev–Trinajstić information content (AvgIpc) is 2.41. The van der Waals surface area contributed by atoms with Crippen molar-refractivity contribution in [2.75, 3.05) is 0 Å². The molecule has 0 amide bonds. The molecule has 27 heavy (non-hydrogen) atoms. The van der Waals surface area contributed by atoms with Crippen LogP contribution in [0.1, 0.15) is 72.6 Å². The van der Waals surface area contributed by atoms with Gasteiger partial charge in [-0.15, -0.1) is 0 Å². The van der Waals surface area contributed by atoms with E-state index in [2.05, 4.69) is 9.47 Å². The molecule has 0 spiro atoms. The van der Waals surface area contributed by atoms with Gasteiger partial charge in [0, 0.05) is 25.0 Å². The summed E-state index contributed by atoms with van der Waals surface area (Å²) in [6.45, 7) is 6.59. The summed E-state index contributed by atoms with van der Waals surface area (Å²) in [6.07, 6.45) is 5.40. The lowest BCUT2D eigenvalue weighted by Crippen LogP contribution is -2.32. The molecule has 8 nitrogen and oxygen atoms in total. The van der Waals surface area contributed by atoms with E-state index in [1.807, 2.05) is 0 Å². The first-order chi connectivity index (χ1) is 12.3. The van der Waals surface area contributed by atoms with Crippen molar-refractivity contribution < 1.29 is 39.5 Å². The lowest BCUT2D eigenvalue weighted by atomic mass is 10.1. The van der Waals surface area contributed by atoms with Crippen LogP contribution in [0.3, 0.4) is 0 Å².